The molecule has 1 aliphatic carbocycles. The Morgan fingerprint density at radius 2 is 1.94 bits per heavy atom. The third kappa shape index (κ3) is 4.29. The lowest BCUT2D eigenvalue weighted by atomic mass is 9.81. The number of rotatable bonds is 5. The molecule has 1 amide bonds. The van der Waals surface area contributed by atoms with Gasteiger partial charge in [-0.25, -0.2) is 4.39 Å². The second kappa shape index (κ2) is 9.94. The van der Waals surface area contributed by atoms with E-state index in [0.717, 1.165) is 30.8 Å². The van der Waals surface area contributed by atoms with Gasteiger partial charge in [0.15, 0.2) is 0 Å². The predicted octanol–water partition coefficient (Wildman–Crippen LogP) is 5.04. The van der Waals surface area contributed by atoms with Crippen molar-refractivity contribution in [3.63, 3.8) is 0 Å². The number of hydrogen-bond donors (Lipinski definition) is 1. The molecular formula is C29H35FN4O. The number of hydrogen-bond acceptors (Lipinski definition) is 4. The van der Waals surface area contributed by atoms with Gasteiger partial charge in [-0.05, 0) is 49.1 Å². The maximum Gasteiger partial charge on any atom is 0.239 e. The highest BCUT2D eigenvalue weighted by atomic mass is 19.1. The fourth-order valence-electron chi connectivity index (χ4n) is 6.30. The van der Waals surface area contributed by atoms with E-state index in [2.05, 4.69) is 16.0 Å². The number of likely N-dealkylation sites (tertiary alicyclic amines) is 1. The molecule has 3 aliphatic rings. The van der Waals surface area contributed by atoms with Gasteiger partial charge in [0.1, 0.15) is 5.82 Å². The molecule has 2 aliphatic heterocycles. The first kappa shape index (κ1) is 23.7. The number of benzene rings is 2. The van der Waals surface area contributed by atoms with E-state index in [1.165, 1.54) is 50.8 Å². The molecule has 1 saturated carbocycles. The quantitative estimate of drug-likeness (QED) is 0.488. The lowest BCUT2D eigenvalue weighted by molar-refractivity contribution is -0.123. The van der Waals surface area contributed by atoms with Gasteiger partial charge in [-0.1, -0.05) is 56.0 Å². The number of anilines is 1. The van der Waals surface area contributed by atoms with Gasteiger partial charge in [-0.2, -0.15) is 0 Å². The Morgan fingerprint density at radius 1 is 1.17 bits per heavy atom. The zero-order chi connectivity index (χ0) is 24.4. The van der Waals surface area contributed by atoms with Gasteiger partial charge in [-0.3, -0.25) is 14.7 Å². The number of amides is 1. The summed E-state index contributed by atoms with van der Waals surface area (Å²) in [4.78, 5) is 22.4. The zero-order valence-corrected chi connectivity index (χ0v) is 20.5. The molecule has 1 unspecified atom stereocenters. The summed E-state index contributed by atoms with van der Waals surface area (Å²) in [6, 6.07) is 13.7. The number of para-hydroxylation sites is 1. The summed E-state index contributed by atoms with van der Waals surface area (Å²) in [5.74, 6) is -0.233. The van der Waals surface area contributed by atoms with Gasteiger partial charge in [0.05, 0.1) is 12.0 Å². The average molecular weight is 475 g/mol. The fraction of sp³-hybridized carbons (Fsp3) is 0.448. The van der Waals surface area contributed by atoms with Crippen LogP contribution in [0.1, 0.15) is 61.6 Å². The molecule has 35 heavy (non-hydrogen) atoms. The van der Waals surface area contributed by atoms with E-state index in [9.17, 15) is 4.79 Å². The van der Waals surface area contributed by atoms with Crippen molar-refractivity contribution in [1.82, 2.24) is 4.90 Å². The first-order valence-electron chi connectivity index (χ1n) is 12.9. The summed E-state index contributed by atoms with van der Waals surface area (Å²) < 4.78 is 15.2. The van der Waals surface area contributed by atoms with Gasteiger partial charge >= 0.3 is 0 Å². The second-order valence-electron chi connectivity index (χ2n) is 10.2. The van der Waals surface area contributed by atoms with Crippen molar-refractivity contribution in [1.29, 1.82) is 0 Å². The van der Waals surface area contributed by atoms with Crippen LogP contribution in [0.2, 0.25) is 0 Å². The Hall–Kier alpha value is -2.99. The Kier molecular flexibility index (Phi) is 6.74. The van der Waals surface area contributed by atoms with Gasteiger partial charge in [0, 0.05) is 48.9 Å². The maximum absolute atomic E-state index is 15.2. The van der Waals surface area contributed by atoms with E-state index in [-0.39, 0.29) is 18.3 Å². The van der Waals surface area contributed by atoms with Crippen LogP contribution in [0.5, 0.6) is 0 Å². The first-order chi connectivity index (χ1) is 17.1. The number of halogens is 1. The molecule has 5 rings (SSSR count). The molecule has 2 aromatic rings. The molecule has 1 saturated heterocycles. The summed E-state index contributed by atoms with van der Waals surface area (Å²) in [5.41, 5.74) is 9.01. The van der Waals surface area contributed by atoms with Gasteiger partial charge in [0.25, 0.3) is 0 Å². The average Bonchev–Trinajstić information content (AvgIpc) is 3.27. The number of aliphatic imine (C=N–C) groups is 1. The van der Waals surface area contributed by atoms with Crippen LogP contribution in [0.15, 0.2) is 53.7 Å². The molecule has 184 valence electrons. The van der Waals surface area contributed by atoms with Crippen LogP contribution >= 0.6 is 0 Å². The molecule has 2 heterocycles. The molecule has 5 nitrogen and oxygen atoms in total. The van der Waals surface area contributed by atoms with Gasteiger partial charge < -0.3 is 10.6 Å². The summed E-state index contributed by atoms with van der Waals surface area (Å²) in [6.07, 6.45) is 11.5. The molecule has 1 atom stereocenters. The Bertz CT molecular complexity index is 1150. The molecule has 6 heteroatoms. The van der Waals surface area contributed by atoms with Crippen LogP contribution in [-0.4, -0.2) is 43.2 Å². The molecule has 2 N–H and O–H groups in total. The minimum absolute atomic E-state index is 0.110. The summed E-state index contributed by atoms with van der Waals surface area (Å²) in [7, 11) is 1.65. The molecule has 2 aromatic carbocycles. The SMILES string of the molecule is CN=C/C(=C\N)c1ccc(CN2C(=O)C3(CCN(C4CCCCCC4)C3)c3ccccc32)c(F)c1. The molecule has 0 aromatic heterocycles. The second-order valence-corrected chi connectivity index (χ2v) is 10.2. The largest absolute Gasteiger partial charge is 0.404 e. The van der Waals surface area contributed by atoms with Crippen molar-refractivity contribution in [3.05, 3.63) is 71.2 Å². The molecule has 1 spiro atoms. The lowest BCUT2D eigenvalue weighted by Gasteiger charge is -2.29. The van der Waals surface area contributed by atoms with Crippen LogP contribution < -0.4 is 10.6 Å². The minimum atomic E-state index is -0.521. The Morgan fingerprint density at radius 3 is 2.66 bits per heavy atom. The summed E-state index contributed by atoms with van der Waals surface area (Å²) in [5, 5.41) is 0. The number of carbonyl (C=O) groups excluding carboxylic acids is 1. The van der Waals surface area contributed by atoms with Crippen LogP contribution in [0, 0.1) is 5.82 Å². The van der Waals surface area contributed by atoms with Crippen LogP contribution in [0.25, 0.3) is 5.57 Å². The fourth-order valence-corrected chi connectivity index (χ4v) is 6.30. The van der Waals surface area contributed by atoms with E-state index in [4.69, 9.17) is 5.73 Å². The number of nitrogens with zero attached hydrogens (tertiary/aromatic N) is 3. The van der Waals surface area contributed by atoms with Crippen molar-refractivity contribution in [2.75, 3.05) is 25.0 Å². The maximum atomic E-state index is 15.2. The van der Waals surface area contributed by atoms with E-state index < -0.39 is 5.41 Å². The van der Waals surface area contributed by atoms with Gasteiger partial charge in [-0.15, -0.1) is 0 Å². The number of allylic oxidation sites excluding steroid dienone is 1. The standard InChI is InChI=1S/C29H35FN4O/c1-32-18-23(17-31)21-12-13-22(26(30)16-21)19-34-27-11-7-6-10-25(27)29(28(34)35)14-15-33(20-29)24-8-4-2-3-5-9-24/h6-7,10-13,16-18,24H,2-5,8-9,14-15,19-20,31H2,1H3/b23-17+,32-18?. The lowest BCUT2D eigenvalue weighted by Crippen LogP contribution is -2.44. The first-order valence-corrected chi connectivity index (χ1v) is 12.9. The Labute approximate surface area is 207 Å². The number of carbonyl (C=O) groups is 1. The van der Waals surface area contributed by atoms with E-state index >= 15 is 4.39 Å². The smallest absolute Gasteiger partial charge is 0.239 e. The highest BCUT2D eigenvalue weighted by Gasteiger charge is 2.54. The van der Waals surface area contributed by atoms with E-state index in [1.54, 1.807) is 24.2 Å². The minimum Gasteiger partial charge on any atom is -0.404 e. The van der Waals surface area contributed by atoms with Crippen molar-refractivity contribution in [2.45, 2.75) is 62.9 Å². The van der Waals surface area contributed by atoms with Crippen molar-refractivity contribution < 1.29 is 9.18 Å². The zero-order valence-electron chi connectivity index (χ0n) is 20.5. The molecule has 0 radical (unpaired) electrons. The van der Waals surface area contributed by atoms with Crippen LogP contribution in [-0.2, 0) is 16.8 Å². The normalized spacial score (nSPS) is 24.0. The summed E-state index contributed by atoms with van der Waals surface area (Å²) >= 11 is 0. The molecular weight excluding hydrogens is 439 g/mol. The van der Waals surface area contributed by atoms with Gasteiger partial charge in [0.2, 0.25) is 5.91 Å². The topological polar surface area (TPSA) is 61.9 Å². The highest BCUT2D eigenvalue weighted by molar-refractivity contribution is 6.10. The van der Waals surface area contributed by atoms with Crippen LogP contribution in [0.4, 0.5) is 10.1 Å². The summed E-state index contributed by atoms with van der Waals surface area (Å²) in [6.45, 7) is 1.94. The van der Waals surface area contributed by atoms with E-state index in [0.29, 0.717) is 22.7 Å². The molecule has 2 fully saturated rings. The van der Waals surface area contributed by atoms with Crippen molar-refractivity contribution in [2.24, 2.45) is 10.7 Å². The third-order valence-electron chi connectivity index (χ3n) is 8.17. The monoisotopic (exact) mass is 474 g/mol. The number of nitrogens with two attached hydrogens (primary N) is 1. The third-order valence-corrected chi connectivity index (χ3v) is 8.17. The number of fused-ring (bicyclic) bond motifs is 2. The van der Waals surface area contributed by atoms with Crippen molar-refractivity contribution in [3.8, 4) is 0 Å². The predicted molar refractivity (Wildman–Crippen MR) is 140 cm³/mol. The van der Waals surface area contributed by atoms with E-state index in [1.807, 2.05) is 24.3 Å². The van der Waals surface area contributed by atoms with Crippen molar-refractivity contribution >= 4 is 23.4 Å². The highest BCUT2D eigenvalue weighted by Crippen LogP contribution is 2.48. The van der Waals surface area contributed by atoms with Crippen LogP contribution in [0.3, 0.4) is 0 Å². The Balaban J connectivity index is 1.41. The molecule has 0 bridgehead atoms.